The van der Waals surface area contributed by atoms with Gasteiger partial charge in [-0.2, -0.15) is 0 Å². The van der Waals surface area contributed by atoms with Crippen LogP contribution >= 0.6 is 12.2 Å². The van der Waals surface area contributed by atoms with Gasteiger partial charge in [0, 0.05) is 19.0 Å². The molecule has 1 saturated heterocycles. The molecule has 0 spiro atoms. The summed E-state index contributed by atoms with van der Waals surface area (Å²) in [5.74, 6) is -1.73. The molecule has 1 aromatic rings. The van der Waals surface area contributed by atoms with Gasteiger partial charge in [-0.15, -0.1) is 0 Å². The molecule has 20 heavy (non-hydrogen) atoms. The Balaban J connectivity index is 1.92. The third kappa shape index (κ3) is 3.50. The Hall–Kier alpha value is -1.56. The number of hydrogen-bond acceptors (Lipinski definition) is 2. The molecule has 0 radical (unpaired) electrons. The number of halogens is 2. The molecule has 2 rings (SSSR count). The number of carbonyl (C=O) groups excluding carboxylic acids is 1. The quantitative estimate of drug-likeness (QED) is 0.869. The molecule has 1 aliphatic heterocycles. The van der Waals surface area contributed by atoms with E-state index in [0.717, 1.165) is 25.0 Å². The van der Waals surface area contributed by atoms with Crippen LogP contribution in [-0.4, -0.2) is 28.9 Å². The van der Waals surface area contributed by atoms with E-state index in [2.05, 4.69) is 0 Å². The Morgan fingerprint density at radius 3 is 2.50 bits per heavy atom. The van der Waals surface area contributed by atoms with Crippen molar-refractivity contribution in [2.45, 2.75) is 19.3 Å². The van der Waals surface area contributed by atoms with E-state index in [9.17, 15) is 13.6 Å². The summed E-state index contributed by atoms with van der Waals surface area (Å²) in [7, 11) is 0. The summed E-state index contributed by atoms with van der Waals surface area (Å²) in [6, 6.07) is 3.53. The van der Waals surface area contributed by atoms with Gasteiger partial charge in [-0.3, -0.25) is 4.79 Å². The first-order chi connectivity index (χ1) is 9.47. The van der Waals surface area contributed by atoms with Crippen molar-refractivity contribution in [3.8, 4) is 0 Å². The zero-order valence-electron chi connectivity index (χ0n) is 10.9. The van der Waals surface area contributed by atoms with E-state index in [0.29, 0.717) is 23.6 Å². The molecule has 1 heterocycles. The van der Waals surface area contributed by atoms with E-state index in [1.165, 1.54) is 6.07 Å². The maximum absolute atomic E-state index is 13.1. The molecule has 6 heteroatoms. The van der Waals surface area contributed by atoms with Gasteiger partial charge in [0.25, 0.3) is 0 Å². The number of benzene rings is 1. The zero-order valence-corrected chi connectivity index (χ0v) is 11.8. The van der Waals surface area contributed by atoms with E-state index in [-0.39, 0.29) is 18.2 Å². The van der Waals surface area contributed by atoms with Crippen LogP contribution < -0.4 is 5.73 Å². The number of piperidine rings is 1. The highest BCUT2D eigenvalue weighted by atomic mass is 32.1. The summed E-state index contributed by atoms with van der Waals surface area (Å²) in [6.45, 7) is 1.20. The van der Waals surface area contributed by atoms with Crippen molar-refractivity contribution in [3.05, 3.63) is 35.4 Å². The van der Waals surface area contributed by atoms with Gasteiger partial charge in [0.2, 0.25) is 5.91 Å². The summed E-state index contributed by atoms with van der Waals surface area (Å²) >= 11 is 4.95. The van der Waals surface area contributed by atoms with E-state index in [1.807, 2.05) is 0 Å². The van der Waals surface area contributed by atoms with Gasteiger partial charge in [0.05, 0.1) is 11.4 Å². The Bertz CT molecular complexity index is 528. The molecule has 1 aliphatic rings. The maximum Gasteiger partial charge on any atom is 0.226 e. The fourth-order valence-corrected chi connectivity index (χ4v) is 2.59. The monoisotopic (exact) mass is 298 g/mol. The van der Waals surface area contributed by atoms with Crippen LogP contribution in [-0.2, 0) is 11.2 Å². The number of nitrogens with zero attached hydrogens (tertiary/aromatic N) is 1. The third-order valence-electron chi connectivity index (χ3n) is 3.59. The minimum absolute atomic E-state index is 0.0783. The average molecular weight is 298 g/mol. The van der Waals surface area contributed by atoms with E-state index < -0.39 is 11.6 Å². The standard InChI is InChI=1S/C14H16F2N2OS/c15-11-2-1-9(7-12(11)16)8-13(19)18-5-3-10(4-6-18)14(17)20/h1-2,7,10H,3-6,8H2,(H2,17,20). The summed E-state index contributed by atoms with van der Waals surface area (Å²) in [5.41, 5.74) is 6.07. The molecule has 2 N–H and O–H groups in total. The molecule has 0 bridgehead atoms. The van der Waals surface area contributed by atoms with Crippen molar-refractivity contribution < 1.29 is 13.6 Å². The largest absolute Gasteiger partial charge is 0.393 e. The molecule has 1 amide bonds. The highest BCUT2D eigenvalue weighted by Crippen LogP contribution is 2.18. The molecule has 0 saturated carbocycles. The second-order valence-corrected chi connectivity index (χ2v) is 5.45. The molecule has 0 aromatic heterocycles. The first-order valence-corrected chi connectivity index (χ1v) is 6.89. The second-order valence-electron chi connectivity index (χ2n) is 4.98. The Morgan fingerprint density at radius 1 is 1.30 bits per heavy atom. The van der Waals surface area contributed by atoms with E-state index in [1.54, 1.807) is 4.90 Å². The first-order valence-electron chi connectivity index (χ1n) is 6.48. The summed E-state index contributed by atoms with van der Waals surface area (Å²) in [5, 5.41) is 0. The lowest BCUT2D eigenvalue weighted by Crippen LogP contribution is -2.41. The van der Waals surface area contributed by atoms with Gasteiger partial charge in [0.1, 0.15) is 0 Å². The number of amides is 1. The molecule has 1 aromatic carbocycles. The van der Waals surface area contributed by atoms with Crippen molar-refractivity contribution in [1.82, 2.24) is 4.90 Å². The topological polar surface area (TPSA) is 46.3 Å². The molecule has 0 aliphatic carbocycles. The van der Waals surface area contributed by atoms with Gasteiger partial charge < -0.3 is 10.6 Å². The lowest BCUT2D eigenvalue weighted by Gasteiger charge is -2.31. The number of rotatable bonds is 3. The Labute approximate surface area is 121 Å². The SMILES string of the molecule is NC(=S)C1CCN(C(=O)Cc2ccc(F)c(F)c2)CC1. The fourth-order valence-electron chi connectivity index (χ4n) is 2.35. The van der Waals surface area contributed by atoms with E-state index >= 15 is 0 Å². The Morgan fingerprint density at radius 2 is 1.95 bits per heavy atom. The predicted molar refractivity (Wildman–Crippen MR) is 76.2 cm³/mol. The van der Waals surface area contributed by atoms with Gasteiger partial charge in [-0.1, -0.05) is 18.3 Å². The van der Waals surface area contributed by atoms with Crippen molar-refractivity contribution in [2.75, 3.05) is 13.1 Å². The lowest BCUT2D eigenvalue weighted by molar-refractivity contribution is -0.131. The fraction of sp³-hybridized carbons (Fsp3) is 0.429. The molecule has 3 nitrogen and oxygen atoms in total. The van der Waals surface area contributed by atoms with Crippen LogP contribution in [0.15, 0.2) is 18.2 Å². The minimum Gasteiger partial charge on any atom is -0.393 e. The molecular formula is C14H16F2N2OS. The summed E-state index contributed by atoms with van der Waals surface area (Å²) in [4.78, 5) is 14.3. The Kier molecular flexibility index (Phi) is 4.65. The second kappa shape index (κ2) is 6.26. The van der Waals surface area contributed by atoms with Gasteiger partial charge >= 0.3 is 0 Å². The number of nitrogens with two attached hydrogens (primary N) is 1. The number of likely N-dealkylation sites (tertiary alicyclic amines) is 1. The van der Waals surface area contributed by atoms with Crippen LogP contribution in [0.4, 0.5) is 8.78 Å². The highest BCUT2D eigenvalue weighted by molar-refractivity contribution is 7.80. The summed E-state index contributed by atoms with van der Waals surface area (Å²) in [6.07, 6.45) is 1.60. The lowest BCUT2D eigenvalue weighted by atomic mass is 9.96. The zero-order chi connectivity index (χ0) is 14.7. The van der Waals surface area contributed by atoms with Crippen LogP contribution in [0.1, 0.15) is 18.4 Å². The average Bonchev–Trinajstić information content (AvgIpc) is 2.43. The molecule has 0 unspecified atom stereocenters. The highest BCUT2D eigenvalue weighted by Gasteiger charge is 2.24. The van der Waals surface area contributed by atoms with Gasteiger partial charge in [-0.25, -0.2) is 8.78 Å². The van der Waals surface area contributed by atoms with Crippen molar-refractivity contribution in [2.24, 2.45) is 11.7 Å². The van der Waals surface area contributed by atoms with Crippen LogP contribution in [0.3, 0.4) is 0 Å². The van der Waals surface area contributed by atoms with Gasteiger partial charge in [-0.05, 0) is 30.5 Å². The smallest absolute Gasteiger partial charge is 0.226 e. The van der Waals surface area contributed by atoms with Crippen LogP contribution in [0.5, 0.6) is 0 Å². The number of carbonyl (C=O) groups is 1. The molecule has 108 valence electrons. The van der Waals surface area contributed by atoms with E-state index in [4.69, 9.17) is 18.0 Å². The normalized spacial score (nSPS) is 16.2. The number of thiocarbonyl (C=S) groups is 1. The third-order valence-corrected chi connectivity index (χ3v) is 3.92. The van der Waals surface area contributed by atoms with Crippen LogP contribution in [0.2, 0.25) is 0 Å². The van der Waals surface area contributed by atoms with Gasteiger partial charge in [0.15, 0.2) is 11.6 Å². The minimum atomic E-state index is -0.928. The predicted octanol–water partition coefficient (Wildman–Crippen LogP) is 2.03. The molecule has 1 fully saturated rings. The van der Waals surface area contributed by atoms with Crippen LogP contribution in [0.25, 0.3) is 0 Å². The molecular weight excluding hydrogens is 282 g/mol. The maximum atomic E-state index is 13.1. The van der Waals surface area contributed by atoms with Crippen LogP contribution in [0, 0.1) is 17.6 Å². The van der Waals surface area contributed by atoms with Crippen molar-refractivity contribution in [3.63, 3.8) is 0 Å². The molecule has 0 atom stereocenters. The van der Waals surface area contributed by atoms with Crippen molar-refractivity contribution in [1.29, 1.82) is 0 Å². The number of hydrogen-bond donors (Lipinski definition) is 1. The van der Waals surface area contributed by atoms with Crippen molar-refractivity contribution >= 4 is 23.1 Å². The first kappa shape index (κ1) is 14.8. The summed E-state index contributed by atoms with van der Waals surface area (Å²) < 4.78 is 25.9.